The van der Waals surface area contributed by atoms with Gasteiger partial charge < -0.3 is 10.6 Å². The van der Waals surface area contributed by atoms with Crippen LogP contribution in [0.1, 0.15) is 48.5 Å². The molecule has 0 fully saturated rings. The second kappa shape index (κ2) is 11.4. The van der Waals surface area contributed by atoms with Crippen molar-refractivity contribution in [2.24, 2.45) is 0 Å². The van der Waals surface area contributed by atoms with E-state index in [1.165, 1.54) is 0 Å². The summed E-state index contributed by atoms with van der Waals surface area (Å²) >= 11 is 0. The Morgan fingerprint density at radius 2 is 1.22 bits per heavy atom. The second-order valence-electron chi connectivity index (χ2n) is 6.66. The molecule has 0 atom stereocenters. The number of carbonyl (C=O) groups is 2. The molecule has 0 bridgehead atoms. The smallest absolute Gasteiger partial charge is 0.309 e. The summed E-state index contributed by atoms with van der Waals surface area (Å²) in [5, 5.41) is 5.37. The van der Waals surface area contributed by atoms with Crippen LogP contribution in [0.5, 0.6) is 0 Å². The van der Waals surface area contributed by atoms with Gasteiger partial charge in [0, 0.05) is 44.3 Å². The monoisotopic (exact) mass is 328 g/mol. The van der Waals surface area contributed by atoms with E-state index in [0.29, 0.717) is 31.2 Å². The van der Waals surface area contributed by atoms with Gasteiger partial charge in [-0.1, -0.05) is 6.92 Å². The lowest BCUT2D eigenvalue weighted by Crippen LogP contribution is -2.47. The van der Waals surface area contributed by atoms with E-state index in [9.17, 15) is 9.59 Å². The maximum Gasteiger partial charge on any atom is 0.309 e. The average Bonchev–Trinajstić information content (AvgIpc) is 2.46. The standard InChI is InChI=1S/C17H36N4O2/c1-8-20(13(2)3)11-9-18-16(22)17(23)19-10-12-21(14(4)5)15(6)7/h13-15H,8-12H2,1-7H3,(H,18,22)(H,19,23). The van der Waals surface area contributed by atoms with Crippen molar-refractivity contribution in [3.05, 3.63) is 0 Å². The molecule has 0 aromatic rings. The van der Waals surface area contributed by atoms with Gasteiger partial charge in [-0.3, -0.25) is 19.4 Å². The van der Waals surface area contributed by atoms with Gasteiger partial charge in [-0.2, -0.15) is 0 Å². The minimum atomic E-state index is -0.551. The van der Waals surface area contributed by atoms with Crippen molar-refractivity contribution in [1.82, 2.24) is 20.4 Å². The Morgan fingerprint density at radius 3 is 1.57 bits per heavy atom. The first-order valence-electron chi connectivity index (χ1n) is 8.76. The van der Waals surface area contributed by atoms with Crippen LogP contribution < -0.4 is 10.6 Å². The summed E-state index contributed by atoms with van der Waals surface area (Å²) in [7, 11) is 0. The van der Waals surface area contributed by atoms with Crippen molar-refractivity contribution < 1.29 is 9.59 Å². The predicted octanol–water partition coefficient (Wildman–Crippen LogP) is 1.07. The molecule has 0 saturated heterocycles. The summed E-state index contributed by atoms with van der Waals surface area (Å²) in [6.07, 6.45) is 0. The number of hydrogen-bond donors (Lipinski definition) is 2. The van der Waals surface area contributed by atoms with E-state index in [2.05, 4.69) is 68.9 Å². The molecule has 136 valence electrons. The van der Waals surface area contributed by atoms with Crippen molar-refractivity contribution in [3.63, 3.8) is 0 Å². The number of carbonyl (C=O) groups excluding carboxylic acids is 2. The van der Waals surface area contributed by atoms with Crippen LogP contribution in [0.15, 0.2) is 0 Å². The van der Waals surface area contributed by atoms with Gasteiger partial charge in [-0.05, 0) is 48.1 Å². The first kappa shape index (κ1) is 21.9. The van der Waals surface area contributed by atoms with Crippen molar-refractivity contribution in [2.45, 2.75) is 66.6 Å². The molecule has 6 nitrogen and oxygen atoms in total. The van der Waals surface area contributed by atoms with E-state index in [0.717, 1.165) is 19.6 Å². The van der Waals surface area contributed by atoms with Crippen LogP contribution in [0.3, 0.4) is 0 Å². The quantitative estimate of drug-likeness (QED) is 0.589. The zero-order valence-electron chi connectivity index (χ0n) is 16.0. The molecule has 0 unspecified atom stereocenters. The first-order chi connectivity index (χ1) is 10.7. The summed E-state index contributed by atoms with van der Waals surface area (Å²) in [6.45, 7) is 18.2. The summed E-state index contributed by atoms with van der Waals surface area (Å²) in [4.78, 5) is 28.1. The van der Waals surface area contributed by atoms with Gasteiger partial charge in [0.25, 0.3) is 0 Å². The molecule has 0 heterocycles. The SMILES string of the molecule is CCN(CCNC(=O)C(=O)NCCN(C(C)C)C(C)C)C(C)C. The van der Waals surface area contributed by atoms with Crippen molar-refractivity contribution in [3.8, 4) is 0 Å². The molecule has 0 radical (unpaired) electrons. The summed E-state index contributed by atoms with van der Waals surface area (Å²) in [5.74, 6) is -1.10. The number of amides is 2. The summed E-state index contributed by atoms with van der Waals surface area (Å²) < 4.78 is 0. The molecule has 2 amide bonds. The molecular formula is C17H36N4O2. The Labute approximate surface area is 142 Å². The highest BCUT2D eigenvalue weighted by Crippen LogP contribution is 2.03. The van der Waals surface area contributed by atoms with Gasteiger partial charge in [0.2, 0.25) is 0 Å². The highest BCUT2D eigenvalue weighted by molar-refractivity contribution is 6.35. The maximum atomic E-state index is 11.8. The third-order valence-corrected chi connectivity index (χ3v) is 4.01. The Bertz CT molecular complexity index is 349. The lowest BCUT2D eigenvalue weighted by molar-refractivity contribution is -0.139. The lowest BCUT2D eigenvalue weighted by atomic mass is 10.2. The average molecular weight is 329 g/mol. The number of nitrogens with one attached hydrogen (secondary N) is 2. The largest absolute Gasteiger partial charge is 0.347 e. The van der Waals surface area contributed by atoms with Crippen molar-refractivity contribution >= 4 is 11.8 Å². The number of nitrogens with zero attached hydrogens (tertiary/aromatic N) is 2. The molecule has 0 aliphatic carbocycles. The molecule has 6 heteroatoms. The van der Waals surface area contributed by atoms with Gasteiger partial charge >= 0.3 is 11.8 Å². The van der Waals surface area contributed by atoms with Crippen LogP contribution in [-0.2, 0) is 9.59 Å². The second-order valence-corrected chi connectivity index (χ2v) is 6.66. The minimum absolute atomic E-state index is 0.414. The lowest BCUT2D eigenvalue weighted by Gasteiger charge is -2.30. The van der Waals surface area contributed by atoms with Crippen LogP contribution in [0.4, 0.5) is 0 Å². The van der Waals surface area contributed by atoms with Crippen LogP contribution in [0, 0.1) is 0 Å². The summed E-state index contributed by atoms with van der Waals surface area (Å²) in [6, 6.07) is 1.26. The van der Waals surface area contributed by atoms with Gasteiger partial charge in [-0.15, -0.1) is 0 Å². The van der Waals surface area contributed by atoms with Crippen molar-refractivity contribution in [1.29, 1.82) is 0 Å². The molecule has 0 aliphatic heterocycles. The fraction of sp³-hybridized carbons (Fsp3) is 0.882. The fourth-order valence-electron chi connectivity index (χ4n) is 2.67. The van der Waals surface area contributed by atoms with Gasteiger partial charge in [0.05, 0.1) is 0 Å². The zero-order chi connectivity index (χ0) is 18.0. The molecular weight excluding hydrogens is 292 g/mol. The van der Waals surface area contributed by atoms with Crippen LogP contribution >= 0.6 is 0 Å². The molecule has 0 spiro atoms. The predicted molar refractivity (Wildman–Crippen MR) is 95.4 cm³/mol. The maximum absolute atomic E-state index is 11.8. The number of likely N-dealkylation sites (N-methyl/N-ethyl adjacent to an activating group) is 1. The Kier molecular flexibility index (Phi) is 10.8. The third-order valence-electron chi connectivity index (χ3n) is 4.01. The Hall–Kier alpha value is -1.14. The third kappa shape index (κ3) is 8.91. The molecule has 2 N–H and O–H groups in total. The van der Waals surface area contributed by atoms with E-state index >= 15 is 0 Å². The van der Waals surface area contributed by atoms with Crippen LogP contribution in [0.25, 0.3) is 0 Å². The normalized spacial score (nSPS) is 11.8. The van der Waals surface area contributed by atoms with E-state index in [1.54, 1.807) is 0 Å². The van der Waals surface area contributed by atoms with Crippen molar-refractivity contribution in [2.75, 3.05) is 32.7 Å². The summed E-state index contributed by atoms with van der Waals surface area (Å²) in [5.41, 5.74) is 0. The molecule has 0 aromatic carbocycles. The van der Waals surface area contributed by atoms with Crippen LogP contribution in [0.2, 0.25) is 0 Å². The number of hydrogen-bond acceptors (Lipinski definition) is 4. The molecule has 0 aliphatic rings. The number of rotatable bonds is 10. The molecule has 23 heavy (non-hydrogen) atoms. The van der Waals surface area contributed by atoms with Gasteiger partial charge in [0.1, 0.15) is 0 Å². The van der Waals surface area contributed by atoms with E-state index < -0.39 is 11.8 Å². The minimum Gasteiger partial charge on any atom is -0.347 e. The zero-order valence-corrected chi connectivity index (χ0v) is 16.0. The van der Waals surface area contributed by atoms with E-state index in [4.69, 9.17) is 0 Å². The highest BCUT2D eigenvalue weighted by Gasteiger charge is 2.16. The molecule has 0 aromatic heterocycles. The van der Waals surface area contributed by atoms with E-state index in [1.807, 2.05) is 0 Å². The Morgan fingerprint density at radius 1 is 0.783 bits per heavy atom. The van der Waals surface area contributed by atoms with Crippen LogP contribution in [-0.4, -0.2) is 72.5 Å². The first-order valence-corrected chi connectivity index (χ1v) is 8.76. The van der Waals surface area contributed by atoms with Gasteiger partial charge in [0.15, 0.2) is 0 Å². The Balaban J connectivity index is 4.05. The van der Waals surface area contributed by atoms with Gasteiger partial charge in [-0.25, -0.2) is 0 Å². The topological polar surface area (TPSA) is 64.7 Å². The fourth-order valence-corrected chi connectivity index (χ4v) is 2.67. The molecule has 0 saturated carbocycles. The van der Waals surface area contributed by atoms with E-state index in [-0.39, 0.29) is 0 Å². The highest BCUT2D eigenvalue weighted by atomic mass is 16.2. The molecule has 0 rings (SSSR count).